The highest BCUT2D eigenvalue weighted by atomic mass is 79.9. The second kappa shape index (κ2) is 11.0. The predicted molar refractivity (Wildman–Crippen MR) is 147 cm³/mol. The monoisotopic (exact) mass is 568 g/mol. The molecule has 2 heterocycles. The Hall–Kier alpha value is -2.94. The van der Waals surface area contributed by atoms with Crippen LogP contribution in [0.3, 0.4) is 0 Å². The second-order valence-corrected chi connectivity index (χ2v) is 11.1. The van der Waals surface area contributed by atoms with Gasteiger partial charge in [0.25, 0.3) is 0 Å². The van der Waals surface area contributed by atoms with Gasteiger partial charge in [0.1, 0.15) is 16.2 Å². The van der Waals surface area contributed by atoms with Crippen LogP contribution in [0.5, 0.6) is 11.6 Å². The summed E-state index contributed by atoms with van der Waals surface area (Å²) in [5.74, 6) is 0.478. The lowest BCUT2D eigenvalue weighted by molar-refractivity contribution is -0.128. The van der Waals surface area contributed by atoms with Crippen LogP contribution in [0.15, 0.2) is 70.5 Å². The van der Waals surface area contributed by atoms with E-state index in [0.717, 1.165) is 25.1 Å². The predicted octanol–water partition coefficient (Wildman–Crippen LogP) is 5.96. The van der Waals surface area contributed by atoms with Gasteiger partial charge < -0.3 is 19.5 Å². The van der Waals surface area contributed by atoms with Crippen molar-refractivity contribution in [1.29, 1.82) is 0 Å². The van der Waals surface area contributed by atoms with Crippen molar-refractivity contribution in [3.05, 3.63) is 87.2 Å². The molecule has 0 aliphatic heterocycles. The molecule has 0 saturated heterocycles. The van der Waals surface area contributed by atoms with Gasteiger partial charge in [-0.05, 0) is 57.7 Å². The molecule has 0 radical (unpaired) electrons. The summed E-state index contributed by atoms with van der Waals surface area (Å²) < 4.78 is 12.2. The third-order valence-electron chi connectivity index (χ3n) is 6.52. The molecule has 4 aromatic rings. The van der Waals surface area contributed by atoms with Crippen molar-refractivity contribution in [3.8, 4) is 11.6 Å². The Labute approximate surface area is 223 Å². The molecule has 2 atom stereocenters. The number of amides is 1. The number of halogens is 1. The zero-order chi connectivity index (χ0) is 25.9. The third-order valence-corrected chi connectivity index (χ3v) is 8.07. The molecule has 1 amide bonds. The summed E-state index contributed by atoms with van der Waals surface area (Å²) in [5.41, 5.74) is 0.927. The van der Waals surface area contributed by atoms with E-state index in [-0.39, 0.29) is 12.3 Å². The van der Waals surface area contributed by atoms with E-state index in [0.29, 0.717) is 23.7 Å². The Morgan fingerprint density at radius 2 is 1.86 bits per heavy atom. The van der Waals surface area contributed by atoms with Crippen molar-refractivity contribution in [2.24, 2.45) is 0 Å². The summed E-state index contributed by atoms with van der Waals surface area (Å²) >= 11 is 5.09. The van der Waals surface area contributed by atoms with Gasteiger partial charge in [0.15, 0.2) is 0 Å². The largest absolute Gasteiger partial charge is 0.497 e. The molecule has 0 saturated carbocycles. The first-order chi connectivity index (χ1) is 17.3. The summed E-state index contributed by atoms with van der Waals surface area (Å²) in [6.45, 7) is 1.88. The number of carbonyl (C=O) groups excluding carboxylic acids is 1. The minimum atomic E-state index is -1.42. The Morgan fingerprint density at radius 3 is 2.53 bits per heavy atom. The normalized spacial score (nSPS) is 13.7. The van der Waals surface area contributed by atoms with Crippen LogP contribution in [0.25, 0.3) is 10.2 Å². The van der Waals surface area contributed by atoms with E-state index in [1.54, 1.807) is 26.2 Å². The first-order valence-electron chi connectivity index (χ1n) is 11.5. The minimum absolute atomic E-state index is 0.0666. The van der Waals surface area contributed by atoms with Crippen molar-refractivity contribution in [3.63, 3.8) is 0 Å². The molecular formula is C28H29BrN2O4S. The van der Waals surface area contributed by atoms with Crippen LogP contribution >= 0.6 is 27.3 Å². The first-order valence-corrected chi connectivity index (χ1v) is 13.1. The smallest absolute Gasteiger partial charge is 0.219 e. The molecule has 6 nitrogen and oxygen atoms in total. The van der Waals surface area contributed by atoms with Gasteiger partial charge in [0.2, 0.25) is 11.8 Å². The number of nitrogens with zero attached hydrogens (tertiary/aromatic N) is 2. The number of ether oxygens (including phenoxy) is 2. The van der Waals surface area contributed by atoms with Crippen molar-refractivity contribution in [2.75, 3.05) is 27.8 Å². The summed E-state index contributed by atoms with van der Waals surface area (Å²) in [5, 5.41) is 13.7. The molecule has 0 spiro atoms. The van der Waals surface area contributed by atoms with Gasteiger partial charge in [-0.3, -0.25) is 4.79 Å². The lowest BCUT2D eigenvalue weighted by atomic mass is 9.71. The van der Waals surface area contributed by atoms with Gasteiger partial charge in [-0.1, -0.05) is 42.5 Å². The number of fused-ring (bicyclic) bond motifs is 1. The maximum Gasteiger partial charge on any atom is 0.219 e. The molecular weight excluding hydrogens is 540 g/mol. The van der Waals surface area contributed by atoms with E-state index in [1.165, 1.54) is 18.3 Å². The summed E-state index contributed by atoms with van der Waals surface area (Å²) in [6.07, 6.45) is 0.282. The number of thiophene rings is 1. The maximum absolute atomic E-state index is 12.7. The molecule has 0 aliphatic carbocycles. The molecule has 2 aromatic heterocycles. The van der Waals surface area contributed by atoms with Crippen LogP contribution in [0, 0.1) is 0 Å². The van der Waals surface area contributed by atoms with E-state index in [2.05, 4.69) is 15.9 Å². The molecule has 8 heteroatoms. The molecule has 36 heavy (non-hydrogen) atoms. The van der Waals surface area contributed by atoms with Gasteiger partial charge in [-0.25, -0.2) is 4.98 Å². The van der Waals surface area contributed by atoms with Crippen LogP contribution in [0.2, 0.25) is 0 Å². The fraction of sp³-hybridized carbons (Fsp3) is 0.286. The van der Waals surface area contributed by atoms with Gasteiger partial charge in [0, 0.05) is 37.4 Å². The Balaban J connectivity index is 1.99. The zero-order valence-corrected chi connectivity index (χ0v) is 23.1. The van der Waals surface area contributed by atoms with E-state index in [1.807, 2.05) is 66.7 Å². The molecule has 188 valence electrons. The molecule has 0 aliphatic rings. The molecule has 0 fully saturated rings. The maximum atomic E-state index is 12.7. The molecule has 2 aromatic carbocycles. The number of hydrogen-bond acceptors (Lipinski definition) is 6. The topological polar surface area (TPSA) is 71.9 Å². The number of carbonyl (C=O) groups is 1. The first kappa shape index (κ1) is 26.1. The van der Waals surface area contributed by atoms with Gasteiger partial charge >= 0.3 is 0 Å². The fourth-order valence-electron chi connectivity index (χ4n) is 4.51. The molecule has 4 rings (SSSR count). The number of hydrogen-bond donors (Lipinski definition) is 1. The summed E-state index contributed by atoms with van der Waals surface area (Å²) in [4.78, 5) is 19.3. The van der Waals surface area contributed by atoms with Gasteiger partial charge in [-0.2, -0.15) is 0 Å². The molecule has 2 unspecified atom stereocenters. The minimum Gasteiger partial charge on any atom is -0.497 e. The van der Waals surface area contributed by atoms with E-state index in [4.69, 9.17) is 14.5 Å². The zero-order valence-electron chi connectivity index (χ0n) is 20.7. The van der Waals surface area contributed by atoms with E-state index in [9.17, 15) is 9.90 Å². The number of methoxy groups -OCH3 is 2. The van der Waals surface area contributed by atoms with Crippen molar-refractivity contribution in [2.45, 2.75) is 24.9 Å². The Morgan fingerprint density at radius 1 is 1.11 bits per heavy atom. The summed E-state index contributed by atoms with van der Waals surface area (Å²) in [7, 11) is 4.94. The van der Waals surface area contributed by atoms with Crippen molar-refractivity contribution in [1.82, 2.24) is 9.88 Å². The lowest BCUT2D eigenvalue weighted by Crippen LogP contribution is -2.39. The third kappa shape index (κ3) is 5.26. The Kier molecular flexibility index (Phi) is 7.97. The number of rotatable bonds is 9. The van der Waals surface area contributed by atoms with Crippen LogP contribution < -0.4 is 9.47 Å². The summed E-state index contributed by atoms with van der Waals surface area (Å²) in [6, 6.07) is 21.4. The fourth-order valence-corrected chi connectivity index (χ4v) is 5.95. The molecule has 1 N–H and O–H groups in total. The van der Waals surface area contributed by atoms with Crippen LogP contribution in [-0.4, -0.2) is 48.7 Å². The van der Waals surface area contributed by atoms with E-state index >= 15 is 0 Å². The highest BCUT2D eigenvalue weighted by Crippen LogP contribution is 2.48. The lowest BCUT2D eigenvalue weighted by Gasteiger charge is -2.39. The van der Waals surface area contributed by atoms with Crippen molar-refractivity contribution >= 4 is 43.4 Å². The van der Waals surface area contributed by atoms with Crippen LogP contribution in [0.4, 0.5) is 0 Å². The van der Waals surface area contributed by atoms with Crippen LogP contribution in [0.1, 0.15) is 36.0 Å². The standard InChI is InChI=1S/C28H29BrN2O4S/c1-18(32)31(2)14-13-28(33,21-11-8-12-22(17-21)34-3)25(19-9-6-5-7-10-19)23-15-20-16-24(29)36-27(20)30-26(23)35-4/h5-12,15-17,25,33H,13-14H2,1-4H3. The van der Waals surface area contributed by atoms with Gasteiger partial charge in [-0.15, -0.1) is 11.3 Å². The number of benzene rings is 2. The quantitative estimate of drug-likeness (QED) is 0.269. The second-order valence-electron chi connectivity index (χ2n) is 8.72. The van der Waals surface area contributed by atoms with Crippen LogP contribution in [-0.2, 0) is 10.4 Å². The number of aromatic nitrogens is 1. The molecule has 0 bridgehead atoms. The van der Waals surface area contributed by atoms with E-state index < -0.39 is 11.5 Å². The average molecular weight is 570 g/mol. The Bertz CT molecular complexity index is 1360. The number of aliphatic hydroxyl groups is 1. The number of pyridine rings is 1. The average Bonchev–Trinajstić information content (AvgIpc) is 3.26. The highest BCUT2D eigenvalue weighted by molar-refractivity contribution is 9.11. The highest BCUT2D eigenvalue weighted by Gasteiger charge is 2.43. The SMILES string of the molecule is COc1cccc(C(O)(CCN(C)C(C)=O)C(c2ccccc2)c2cc3cc(Br)sc3nc2OC)c1. The van der Waals surface area contributed by atoms with Gasteiger partial charge in [0.05, 0.1) is 18.0 Å². The van der Waals surface area contributed by atoms with Crippen molar-refractivity contribution < 1.29 is 19.4 Å².